The van der Waals surface area contributed by atoms with Crippen molar-refractivity contribution in [2.75, 3.05) is 26.7 Å². The standard InChI is InChI=1S/C20H28N4O/c1-4-24(5-2)20(25)22-14-10-16-15-7-6-8-17-19(15)13(11-21-17)9-18(16)23(3)12-14/h6-8,11,14,16,18,21H,4-5,9-10,12H2,1-3H3,(H,22,25)/t14-,16?,18-/m1/s1. The van der Waals surface area contributed by atoms with E-state index in [1.54, 1.807) is 0 Å². The van der Waals surface area contributed by atoms with Gasteiger partial charge in [-0.15, -0.1) is 0 Å². The number of hydrogen-bond acceptors (Lipinski definition) is 2. The lowest BCUT2D eigenvalue weighted by molar-refractivity contribution is 0.124. The smallest absolute Gasteiger partial charge is 0.317 e. The van der Waals surface area contributed by atoms with Gasteiger partial charge in [0.15, 0.2) is 0 Å². The highest BCUT2D eigenvalue weighted by molar-refractivity contribution is 5.88. The topological polar surface area (TPSA) is 51.4 Å². The first-order chi connectivity index (χ1) is 12.1. The van der Waals surface area contributed by atoms with E-state index in [9.17, 15) is 4.79 Å². The van der Waals surface area contributed by atoms with Crippen LogP contribution in [0.1, 0.15) is 37.3 Å². The van der Waals surface area contributed by atoms with Crippen LogP contribution in [0.2, 0.25) is 0 Å². The van der Waals surface area contributed by atoms with Crippen molar-refractivity contribution in [3.05, 3.63) is 35.5 Å². The molecule has 3 atom stereocenters. The normalized spacial score (nSPS) is 25.6. The Kier molecular flexibility index (Phi) is 4.20. The highest BCUT2D eigenvalue weighted by Gasteiger charge is 2.39. The third kappa shape index (κ3) is 2.71. The van der Waals surface area contributed by atoms with Gasteiger partial charge in [-0.1, -0.05) is 12.1 Å². The van der Waals surface area contributed by atoms with Crippen LogP contribution in [-0.4, -0.2) is 59.6 Å². The van der Waals surface area contributed by atoms with Crippen LogP contribution in [0.15, 0.2) is 24.4 Å². The van der Waals surface area contributed by atoms with Gasteiger partial charge in [0.1, 0.15) is 0 Å². The molecule has 1 saturated heterocycles. The van der Waals surface area contributed by atoms with Crippen molar-refractivity contribution >= 4 is 16.9 Å². The number of benzene rings is 1. The van der Waals surface area contributed by atoms with Crippen molar-refractivity contribution in [3.8, 4) is 0 Å². The molecule has 0 bridgehead atoms. The maximum Gasteiger partial charge on any atom is 0.317 e. The van der Waals surface area contributed by atoms with E-state index in [4.69, 9.17) is 0 Å². The fourth-order valence-electron chi connectivity index (χ4n) is 4.82. The monoisotopic (exact) mass is 340 g/mol. The molecule has 2 aromatic rings. The number of likely N-dealkylation sites (tertiary alicyclic amines) is 1. The number of carbonyl (C=O) groups is 1. The second-order valence-electron chi connectivity index (χ2n) is 7.46. The third-order valence-electron chi connectivity index (χ3n) is 6.10. The van der Waals surface area contributed by atoms with E-state index in [1.807, 2.05) is 18.7 Å². The molecular formula is C20H28N4O. The first-order valence-corrected chi connectivity index (χ1v) is 9.46. The SMILES string of the molecule is CCN(CC)C(=O)N[C@@H]1CC2c3cccc4[nH]cc(c34)C[C@H]2N(C)C1. The van der Waals surface area contributed by atoms with Crippen molar-refractivity contribution in [1.29, 1.82) is 0 Å². The second-order valence-corrected chi connectivity index (χ2v) is 7.46. The van der Waals surface area contributed by atoms with E-state index in [0.29, 0.717) is 12.0 Å². The zero-order chi connectivity index (χ0) is 17.6. The number of H-pyrrole nitrogens is 1. The van der Waals surface area contributed by atoms with Crippen LogP contribution >= 0.6 is 0 Å². The Morgan fingerprint density at radius 1 is 1.36 bits per heavy atom. The molecule has 0 spiro atoms. The molecule has 2 heterocycles. The van der Waals surface area contributed by atoms with Gasteiger partial charge in [-0.25, -0.2) is 4.79 Å². The summed E-state index contributed by atoms with van der Waals surface area (Å²) in [4.78, 5) is 20.2. The number of aromatic nitrogens is 1. The predicted molar refractivity (Wildman–Crippen MR) is 101 cm³/mol. The minimum atomic E-state index is 0.0678. The van der Waals surface area contributed by atoms with Crippen LogP contribution in [0, 0.1) is 0 Å². The Morgan fingerprint density at radius 3 is 2.92 bits per heavy atom. The minimum Gasteiger partial charge on any atom is -0.361 e. The Labute approximate surface area is 149 Å². The van der Waals surface area contributed by atoms with Gasteiger partial charge in [-0.2, -0.15) is 0 Å². The molecule has 25 heavy (non-hydrogen) atoms. The van der Waals surface area contributed by atoms with Gasteiger partial charge in [-0.05, 0) is 50.9 Å². The largest absolute Gasteiger partial charge is 0.361 e. The fraction of sp³-hybridized carbons (Fsp3) is 0.550. The molecule has 2 aliphatic rings. The zero-order valence-electron chi connectivity index (χ0n) is 15.4. The number of nitrogens with zero attached hydrogens (tertiary/aromatic N) is 2. The molecule has 4 rings (SSSR count). The van der Waals surface area contributed by atoms with Crippen LogP contribution in [0.3, 0.4) is 0 Å². The maximum absolute atomic E-state index is 12.5. The van der Waals surface area contributed by atoms with Crippen molar-refractivity contribution in [2.24, 2.45) is 0 Å². The second kappa shape index (κ2) is 6.37. The number of fused-ring (bicyclic) bond motifs is 2. The van der Waals surface area contributed by atoms with Gasteiger partial charge >= 0.3 is 6.03 Å². The summed E-state index contributed by atoms with van der Waals surface area (Å²) in [5.74, 6) is 0.479. The van der Waals surface area contributed by atoms with Crippen molar-refractivity contribution in [1.82, 2.24) is 20.1 Å². The molecule has 134 valence electrons. The fourth-order valence-corrected chi connectivity index (χ4v) is 4.82. The molecule has 1 aromatic carbocycles. The van der Waals surface area contributed by atoms with Crippen LogP contribution in [0.4, 0.5) is 4.79 Å². The molecule has 0 radical (unpaired) electrons. The molecule has 5 heteroatoms. The summed E-state index contributed by atoms with van der Waals surface area (Å²) in [5, 5.41) is 4.68. The molecule has 1 fully saturated rings. The number of rotatable bonds is 3. The molecule has 1 aliphatic carbocycles. The Hall–Kier alpha value is -2.01. The van der Waals surface area contributed by atoms with Crippen LogP contribution in [0.5, 0.6) is 0 Å². The van der Waals surface area contributed by atoms with Gasteiger partial charge in [0.05, 0.1) is 0 Å². The summed E-state index contributed by atoms with van der Waals surface area (Å²) in [6.07, 6.45) is 4.28. The summed E-state index contributed by atoms with van der Waals surface area (Å²) < 4.78 is 0. The number of likely N-dealkylation sites (N-methyl/N-ethyl adjacent to an activating group) is 1. The predicted octanol–water partition coefficient (Wildman–Crippen LogP) is 2.93. The third-order valence-corrected chi connectivity index (χ3v) is 6.10. The molecule has 5 nitrogen and oxygen atoms in total. The summed E-state index contributed by atoms with van der Waals surface area (Å²) in [7, 11) is 2.20. The van der Waals surface area contributed by atoms with E-state index in [2.05, 4.69) is 46.6 Å². The van der Waals surface area contributed by atoms with E-state index >= 15 is 0 Å². The van der Waals surface area contributed by atoms with E-state index in [-0.39, 0.29) is 12.1 Å². The lowest BCUT2D eigenvalue weighted by Crippen LogP contribution is -2.56. The molecule has 1 aliphatic heterocycles. The number of hydrogen-bond donors (Lipinski definition) is 2. The number of amides is 2. The van der Waals surface area contributed by atoms with E-state index in [0.717, 1.165) is 32.5 Å². The molecule has 1 unspecified atom stereocenters. The van der Waals surface area contributed by atoms with Gasteiger partial charge in [-0.3, -0.25) is 0 Å². The molecule has 1 aromatic heterocycles. The van der Waals surface area contributed by atoms with E-state index in [1.165, 1.54) is 22.0 Å². The van der Waals surface area contributed by atoms with Gasteiger partial charge in [0.2, 0.25) is 0 Å². The maximum atomic E-state index is 12.5. The highest BCUT2D eigenvalue weighted by atomic mass is 16.2. The summed E-state index contributed by atoms with van der Waals surface area (Å²) in [6, 6.07) is 7.38. The van der Waals surface area contributed by atoms with Crippen LogP contribution in [0.25, 0.3) is 10.9 Å². The average molecular weight is 340 g/mol. The summed E-state index contributed by atoms with van der Waals surface area (Å²) in [6.45, 7) is 6.48. The first-order valence-electron chi connectivity index (χ1n) is 9.46. The minimum absolute atomic E-state index is 0.0678. The summed E-state index contributed by atoms with van der Waals surface area (Å²) >= 11 is 0. The molecule has 2 amide bonds. The van der Waals surface area contributed by atoms with Crippen molar-refractivity contribution in [2.45, 2.75) is 44.7 Å². The van der Waals surface area contributed by atoms with Crippen LogP contribution in [-0.2, 0) is 6.42 Å². The lowest BCUT2D eigenvalue weighted by atomic mass is 9.74. The average Bonchev–Trinajstić information content (AvgIpc) is 3.02. The quantitative estimate of drug-likeness (QED) is 0.903. The van der Waals surface area contributed by atoms with E-state index < -0.39 is 0 Å². The number of aromatic amines is 1. The summed E-state index contributed by atoms with van der Waals surface area (Å²) in [5.41, 5.74) is 4.12. The molecule has 0 saturated carbocycles. The van der Waals surface area contributed by atoms with Gasteiger partial charge < -0.3 is 20.1 Å². The highest BCUT2D eigenvalue weighted by Crippen LogP contribution is 2.42. The number of urea groups is 1. The molecule has 2 N–H and O–H groups in total. The number of nitrogens with one attached hydrogen (secondary N) is 2. The van der Waals surface area contributed by atoms with Gasteiger partial charge in [0.25, 0.3) is 0 Å². The van der Waals surface area contributed by atoms with Gasteiger partial charge in [0, 0.05) is 54.7 Å². The first kappa shape index (κ1) is 16.5. The molecular weight excluding hydrogens is 312 g/mol. The Balaban J connectivity index is 1.60. The lowest BCUT2D eigenvalue weighted by Gasteiger charge is -2.45. The zero-order valence-corrected chi connectivity index (χ0v) is 15.4. The Morgan fingerprint density at radius 2 is 2.16 bits per heavy atom. The number of piperidine rings is 1. The Bertz CT molecular complexity index is 779. The van der Waals surface area contributed by atoms with Crippen molar-refractivity contribution < 1.29 is 4.79 Å². The van der Waals surface area contributed by atoms with Crippen molar-refractivity contribution in [3.63, 3.8) is 0 Å². The number of carbonyl (C=O) groups excluding carboxylic acids is 1. The van der Waals surface area contributed by atoms with Crippen LogP contribution < -0.4 is 5.32 Å².